The van der Waals surface area contributed by atoms with Gasteiger partial charge in [-0.25, -0.2) is 8.42 Å². The molecule has 0 atom stereocenters. The molecule has 0 fully saturated rings. The van der Waals surface area contributed by atoms with Gasteiger partial charge in [0.05, 0.1) is 4.90 Å². The van der Waals surface area contributed by atoms with Crippen LogP contribution in [0, 0.1) is 13.8 Å². The summed E-state index contributed by atoms with van der Waals surface area (Å²) in [6.07, 6.45) is 0.941. The van der Waals surface area contributed by atoms with E-state index in [2.05, 4.69) is 11.6 Å². The molecule has 0 spiro atoms. The monoisotopic (exact) mass is 289 g/mol. The molecule has 4 heteroatoms. The van der Waals surface area contributed by atoms with Crippen molar-refractivity contribution in [2.75, 3.05) is 4.72 Å². The average molecular weight is 289 g/mol. The van der Waals surface area contributed by atoms with Gasteiger partial charge in [0.15, 0.2) is 0 Å². The summed E-state index contributed by atoms with van der Waals surface area (Å²) in [5, 5.41) is 0. The van der Waals surface area contributed by atoms with Crippen LogP contribution in [0.15, 0.2) is 47.4 Å². The molecule has 0 saturated heterocycles. The summed E-state index contributed by atoms with van der Waals surface area (Å²) in [5.41, 5.74) is 3.95. The highest BCUT2D eigenvalue weighted by atomic mass is 32.2. The number of benzene rings is 2. The first kappa shape index (κ1) is 14.6. The van der Waals surface area contributed by atoms with Gasteiger partial charge in [0.2, 0.25) is 0 Å². The first-order valence-corrected chi connectivity index (χ1v) is 8.09. The van der Waals surface area contributed by atoms with Gasteiger partial charge in [-0.2, -0.15) is 0 Å². The Morgan fingerprint density at radius 1 is 1.00 bits per heavy atom. The van der Waals surface area contributed by atoms with Crippen LogP contribution in [0.4, 0.5) is 5.69 Å². The van der Waals surface area contributed by atoms with Crippen LogP contribution in [0.5, 0.6) is 0 Å². The molecule has 0 amide bonds. The van der Waals surface area contributed by atoms with E-state index in [0.29, 0.717) is 5.69 Å². The van der Waals surface area contributed by atoms with Crippen molar-refractivity contribution in [3.8, 4) is 0 Å². The Morgan fingerprint density at radius 2 is 1.65 bits per heavy atom. The van der Waals surface area contributed by atoms with E-state index in [1.54, 1.807) is 30.3 Å². The van der Waals surface area contributed by atoms with Crippen LogP contribution in [0.25, 0.3) is 0 Å². The van der Waals surface area contributed by atoms with E-state index < -0.39 is 10.0 Å². The second-order valence-corrected chi connectivity index (χ2v) is 6.60. The first-order valence-electron chi connectivity index (χ1n) is 6.61. The zero-order valence-corrected chi connectivity index (χ0v) is 12.8. The lowest BCUT2D eigenvalue weighted by atomic mass is 10.1. The summed E-state index contributed by atoms with van der Waals surface area (Å²) in [5.74, 6) is 0. The third-order valence-corrected chi connectivity index (χ3v) is 4.70. The quantitative estimate of drug-likeness (QED) is 0.933. The maximum atomic E-state index is 12.3. The summed E-state index contributed by atoms with van der Waals surface area (Å²) in [4.78, 5) is 0.278. The molecule has 3 nitrogen and oxygen atoms in total. The summed E-state index contributed by atoms with van der Waals surface area (Å²) in [6.45, 7) is 6.00. The Balaban J connectivity index is 2.28. The van der Waals surface area contributed by atoms with E-state index in [0.717, 1.165) is 17.5 Å². The lowest BCUT2D eigenvalue weighted by molar-refractivity contribution is 0.601. The number of sulfonamides is 1. The van der Waals surface area contributed by atoms with Crippen LogP contribution in [0.2, 0.25) is 0 Å². The number of rotatable bonds is 4. The van der Waals surface area contributed by atoms with Crippen molar-refractivity contribution in [1.82, 2.24) is 0 Å². The van der Waals surface area contributed by atoms with Crippen molar-refractivity contribution >= 4 is 15.7 Å². The Bertz CT molecular complexity index is 704. The maximum absolute atomic E-state index is 12.3. The molecular weight excluding hydrogens is 270 g/mol. The number of anilines is 1. The van der Waals surface area contributed by atoms with Crippen molar-refractivity contribution in [1.29, 1.82) is 0 Å². The van der Waals surface area contributed by atoms with Crippen LogP contribution in [-0.4, -0.2) is 8.42 Å². The van der Waals surface area contributed by atoms with E-state index in [1.165, 1.54) is 5.56 Å². The van der Waals surface area contributed by atoms with E-state index in [9.17, 15) is 8.42 Å². The first-order chi connectivity index (χ1) is 9.42. The molecule has 2 rings (SSSR count). The highest BCUT2D eigenvalue weighted by Gasteiger charge is 2.14. The van der Waals surface area contributed by atoms with Gasteiger partial charge >= 0.3 is 0 Å². The Morgan fingerprint density at radius 3 is 2.20 bits per heavy atom. The number of hydrogen-bond acceptors (Lipinski definition) is 2. The molecular formula is C16H19NO2S. The van der Waals surface area contributed by atoms with Crippen molar-refractivity contribution in [3.05, 3.63) is 59.2 Å². The van der Waals surface area contributed by atoms with Gasteiger partial charge in [0.25, 0.3) is 10.0 Å². The van der Waals surface area contributed by atoms with Gasteiger partial charge in [-0.3, -0.25) is 4.72 Å². The Kier molecular flexibility index (Phi) is 4.14. The van der Waals surface area contributed by atoms with E-state index in [-0.39, 0.29) is 4.90 Å². The normalized spacial score (nSPS) is 11.3. The molecule has 0 aliphatic carbocycles. The predicted molar refractivity (Wildman–Crippen MR) is 82.5 cm³/mol. The molecule has 0 saturated carbocycles. The maximum Gasteiger partial charge on any atom is 0.261 e. The van der Waals surface area contributed by atoms with Gasteiger partial charge < -0.3 is 0 Å². The molecule has 1 N–H and O–H groups in total. The third-order valence-electron chi connectivity index (χ3n) is 3.31. The third kappa shape index (κ3) is 3.20. The number of hydrogen-bond donors (Lipinski definition) is 1. The fraction of sp³-hybridized carbons (Fsp3) is 0.250. The van der Waals surface area contributed by atoms with Gasteiger partial charge in [-0.15, -0.1) is 0 Å². The van der Waals surface area contributed by atoms with Gasteiger partial charge in [-0.1, -0.05) is 30.7 Å². The van der Waals surface area contributed by atoms with Crippen LogP contribution in [0.3, 0.4) is 0 Å². The molecule has 0 unspecified atom stereocenters. The molecule has 0 bridgehead atoms. The van der Waals surface area contributed by atoms with Crippen molar-refractivity contribution in [2.45, 2.75) is 32.1 Å². The lowest BCUT2D eigenvalue weighted by Gasteiger charge is -2.10. The molecule has 0 aliphatic heterocycles. The van der Waals surface area contributed by atoms with E-state index in [1.807, 2.05) is 26.0 Å². The smallest absolute Gasteiger partial charge is 0.261 e. The predicted octanol–water partition coefficient (Wildman–Crippen LogP) is 3.67. The van der Waals surface area contributed by atoms with E-state index >= 15 is 0 Å². The Hall–Kier alpha value is -1.81. The zero-order chi connectivity index (χ0) is 14.8. The SMILES string of the molecule is CCc1ccc(NS(=O)(=O)c2ccc(C)cc2)cc1C. The van der Waals surface area contributed by atoms with Gasteiger partial charge in [0.1, 0.15) is 0 Å². The summed E-state index contributed by atoms with van der Waals surface area (Å²) in [7, 11) is -3.52. The zero-order valence-electron chi connectivity index (χ0n) is 12.0. The molecule has 0 aliphatic rings. The average Bonchev–Trinajstić information content (AvgIpc) is 2.39. The van der Waals surface area contributed by atoms with Gasteiger partial charge in [-0.05, 0) is 55.7 Å². The molecule has 20 heavy (non-hydrogen) atoms. The number of nitrogens with one attached hydrogen (secondary N) is 1. The highest BCUT2D eigenvalue weighted by Crippen LogP contribution is 2.20. The molecule has 0 heterocycles. The van der Waals surface area contributed by atoms with Crippen molar-refractivity contribution < 1.29 is 8.42 Å². The summed E-state index contributed by atoms with van der Waals surface area (Å²) in [6, 6.07) is 12.4. The second kappa shape index (κ2) is 5.67. The van der Waals surface area contributed by atoms with Crippen LogP contribution >= 0.6 is 0 Å². The standard InChI is InChI=1S/C16H19NO2S/c1-4-14-7-8-15(11-13(14)3)17-20(18,19)16-9-5-12(2)6-10-16/h5-11,17H,4H2,1-3H3. The number of aryl methyl sites for hydroxylation is 3. The minimum atomic E-state index is -3.52. The van der Waals surface area contributed by atoms with Crippen LogP contribution < -0.4 is 4.72 Å². The van der Waals surface area contributed by atoms with Crippen LogP contribution in [-0.2, 0) is 16.4 Å². The van der Waals surface area contributed by atoms with Crippen LogP contribution in [0.1, 0.15) is 23.6 Å². The molecule has 2 aromatic carbocycles. The van der Waals surface area contributed by atoms with Crippen molar-refractivity contribution in [3.63, 3.8) is 0 Å². The minimum Gasteiger partial charge on any atom is -0.280 e. The highest BCUT2D eigenvalue weighted by molar-refractivity contribution is 7.92. The summed E-state index contributed by atoms with van der Waals surface area (Å²) < 4.78 is 27.2. The molecule has 106 valence electrons. The van der Waals surface area contributed by atoms with Crippen molar-refractivity contribution in [2.24, 2.45) is 0 Å². The van der Waals surface area contributed by atoms with E-state index in [4.69, 9.17) is 0 Å². The Labute approximate surface area is 120 Å². The fourth-order valence-electron chi connectivity index (χ4n) is 2.09. The topological polar surface area (TPSA) is 46.2 Å². The minimum absolute atomic E-state index is 0.278. The molecule has 0 radical (unpaired) electrons. The molecule has 0 aromatic heterocycles. The fourth-order valence-corrected chi connectivity index (χ4v) is 3.14. The second-order valence-electron chi connectivity index (χ2n) is 4.91. The largest absolute Gasteiger partial charge is 0.280 e. The summed E-state index contributed by atoms with van der Waals surface area (Å²) >= 11 is 0. The lowest BCUT2D eigenvalue weighted by Crippen LogP contribution is -2.13. The van der Waals surface area contributed by atoms with Gasteiger partial charge in [0, 0.05) is 5.69 Å². The molecule has 2 aromatic rings.